The van der Waals surface area contributed by atoms with Gasteiger partial charge in [-0.2, -0.15) is 15.0 Å². The second-order valence-corrected chi connectivity index (χ2v) is 9.41. The lowest BCUT2D eigenvalue weighted by Gasteiger charge is -2.14. The molecule has 0 aliphatic carbocycles. The van der Waals surface area contributed by atoms with Gasteiger partial charge in [0.05, 0.1) is 35.4 Å². The molecule has 1 aromatic heterocycles. The van der Waals surface area contributed by atoms with Crippen molar-refractivity contribution in [2.45, 2.75) is 39.7 Å². The van der Waals surface area contributed by atoms with Crippen molar-refractivity contribution in [2.75, 3.05) is 6.61 Å². The van der Waals surface area contributed by atoms with Crippen molar-refractivity contribution in [1.29, 1.82) is 5.26 Å². The van der Waals surface area contributed by atoms with Crippen LogP contribution in [0, 0.1) is 11.3 Å². The van der Waals surface area contributed by atoms with E-state index in [2.05, 4.69) is 34.0 Å². The molecule has 0 spiro atoms. The number of aromatic nitrogens is 2. The van der Waals surface area contributed by atoms with Crippen LogP contribution in [0.2, 0.25) is 0 Å². The highest BCUT2D eigenvalue weighted by molar-refractivity contribution is 9.10. The topological polar surface area (TPSA) is 89.5 Å². The van der Waals surface area contributed by atoms with Crippen LogP contribution in [-0.4, -0.2) is 22.5 Å². The minimum absolute atomic E-state index is 0.0453. The maximum Gasteiger partial charge on any atom is 0.282 e. The van der Waals surface area contributed by atoms with E-state index in [1.807, 2.05) is 56.3 Å². The summed E-state index contributed by atoms with van der Waals surface area (Å²) in [4.78, 5) is 18.1. The zero-order chi connectivity index (χ0) is 26.4. The lowest BCUT2D eigenvalue weighted by atomic mass is 10.1. The Bertz CT molecular complexity index is 1560. The molecule has 37 heavy (non-hydrogen) atoms. The summed E-state index contributed by atoms with van der Waals surface area (Å²) in [7, 11) is 0. The number of benzene rings is 3. The third-order valence-electron chi connectivity index (χ3n) is 6.00. The molecule has 0 amide bonds. The van der Waals surface area contributed by atoms with Gasteiger partial charge >= 0.3 is 0 Å². The average molecular weight is 559 g/mol. The van der Waals surface area contributed by atoms with Gasteiger partial charge in [0.25, 0.3) is 5.56 Å². The third-order valence-corrected chi connectivity index (χ3v) is 6.49. The SMILES string of the molecule is CCOc1cc(C=Nn2c([C@H](C)CC)nc3ccc(Br)cc3c2=O)ccc1OCc1ccccc1C#N. The second-order valence-electron chi connectivity index (χ2n) is 8.50. The summed E-state index contributed by atoms with van der Waals surface area (Å²) in [5.41, 5.74) is 2.53. The molecule has 0 bridgehead atoms. The lowest BCUT2D eigenvalue weighted by molar-refractivity contribution is 0.269. The van der Waals surface area contributed by atoms with E-state index in [0.29, 0.717) is 40.4 Å². The van der Waals surface area contributed by atoms with Gasteiger partial charge in [0.2, 0.25) is 0 Å². The van der Waals surface area contributed by atoms with E-state index in [4.69, 9.17) is 14.5 Å². The fraction of sp³-hybridized carbons (Fsp3) is 0.241. The van der Waals surface area contributed by atoms with E-state index in [1.165, 1.54) is 4.68 Å². The summed E-state index contributed by atoms with van der Waals surface area (Å²) in [6.45, 7) is 6.67. The van der Waals surface area contributed by atoms with E-state index in [0.717, 1.165) is 22.0 Å². The highest BCUT2D eigenvalue weighted by Gasteiger charge is 2.16. The number of rotatable bonds is 9. The number of fused-ring (bicyclic) bond motifs is 1. The molecule has 0 aliphatic heterocycles. The first-order valence-electron chi connectivity index (χ1n) is 12.1. The highest BCUT2D eigenvalue weighted by Crippen LogP contribution is 2.29. The van der Waals surface area contributed by atoms with E-state index >= 15 is 0 Å². The number of nitrogens with zero attached hydrogens (tertiary/aromatic N) is 4. The predicted molar refractivity (Wildman–Crippen MR) is 149 cm³/mol. The quantitative estimate of drug-likeness (QED) is 0.221. The minimum atomic E-state index is -0.223. The Hall–Kier alpha value is -3.96. The Morgan fingerprint density at radius 2 is 1.92 bits per heavy atom. The number of ether oxygens (including phenoxy) is 2. The fourth-order valence-electron chi connectivity index (χ4n) is 3.81. The average Bonchev–Trinajstić information content (AvgIpc) is 2.92. The van der Waals surface area contributed by atoms with Crippen LogP contribution in [0.4, 0.5) is 0 Å². The summed E-state index contributed by atoms with van der Waals surface area (Å²) < 4.78 is 14.0. The fourth-order valence-corrected chi connectivity index (χ4v) is 4.17. The Morgan fingerprint density at radius 1 is 1.11 bits per heavy atom. The van der Waals surface area contributed by atoms with Crippen molar-refractivity contribution in [3.63, 3.8) is 0 Å². The molecule has 0 unspecified atom stereocenters. The van der Waals surface area contributed by atoms with Gasteiger partial charge in [-0.3, -0.25) is 4.79 Å². The second kappa shape index (κ2) is 11.8. The van der Waals surface area contributed by atoms with E-state index in [1.54, 1.807) is 24.4 Å². The molecule has 8 heteroatoms. The standard InChI is InChI=1S/C29H27BrN4O3/c1-4-19(3)28-33-25-12-11-23(30)15-24(25)29(35)34(28)32-17-20-10-13-26(27(14-20)36-5-2)37-18-22-9-7-6-8-21(22)16-31/h6-15,17,19H,4-5,18H2,1-3H3/t19-/m1/s1. The van der Waals surface area contributed by atoms with Crippen LogP contribution in [0.5, 0.6) is 11.5 Å². The monoisotopic (exact) mass is 558 g/mol. The summed E-state index contributed by atoms with van der Waals surface area (Å²) in [5.74, 6) is 1.76. The van der Waals surface area contributed by atoms with Crippen molar-refractivity contribution >= 4 is 33.0 Å². The highest BCUT2D eigenvalue weighted by atomic mass is 79.9. The van der Waals surface area contributed by atoms with Crippen LogP contribution in [0.25, 0.3) is 10.9 Å². The molecule has 188 valence electrons. The van der Waals surface area contributed by atoms with E-state index in [-0.39, 0.29) is 18.1 Å². The molecule has 0 saturated heterocycles. The maximum atomic E-state index is 13.4. The molecule has 1 atom stereocenters. The van der Waals surface area contributed by atoms with Crippen molar-refractivity contribution in [3.05, 3.63) is 98.0 Å². The van der Waals surface area contributed by atoms with E-state index < -0.39 is 0 Å². The smallest absolute Gasteiger partial charge is 0.282 e. The van der Waals surface area contributed by atoms with Crippen LogP contribution in [-0.2, 0) is 6.61 Å². The van der Waals surface area contributed by atoms with Gasteiger partial charge in [0.15, 0.2) is 11.5 Å². The molecule has 1 heterocycles. The molecular weight excluding hydrogens is 532 g/mol. The number of nitriles is 1. The predicted octanol–water partition coefficient (Wildman–Crippen LogP) is 6.40. The number of halogens is 1. The van der Waals surface area contributed by atoms with Gasteiger partial charge < -0.3 is 9.47 Å². The minimum Gasteiger partial charge on any atom is -0.490 e. The third kappa shape index (κ3) is 5.89. The largest absolute Gasteiger partial charge is 0.490 e. The van der Waals surface area contributed by atoms with Crippen LogP contribution in [0.3, 0.4) is 0 Å². The lowest BCUT2D eigenvalue weighted by Crippen LogP contribution is -2.23. The van der Waals surface area contributed by atoms with Gasteiger partial charge in [-0.25, -0.2) is 4.98 Å². The van der Waals surface area contributed by atoms with Crippen molar-refractivity contribution < 1.29 is 9.47 Å². The Labute approximate surface area is 224 Å². The molecule has 0 N–H and O–H groups in total. The van der Waals surface area contributed by atoms with Crippen molar-refractivity contribution in [1.82, 2.24) is 9.66 Å². The summed E-state index contributed by atoms with van der Waals surface area (Å²) in [6, 6.07) is 20.4. The molecule has 4 aromatic rings. The Morgan fingerprint density at radius 3 is 2.68 bits per heavy atom. The van der Waals surface area contributed by atoms with Crippen molar-refractivity contribution in [3.8, 4) is 17.6 Å². The Balaban J connectivity index is 1.67. The van der Waals surface area contributed by atoms with E-state index in [9.17, 15) is 10.1 Å². The van der Waals surface area contributed by atoms with Gasteiger partial charge in [-0.05, 0) is 61.4 Å². The number of hydrogen-bond donors (Lipinski definition) is 0. The van der Waals surface area contributed by atoms with Gasteiger partial charge in [0, 0.05) is 16.0 Å². The maximum absolute atomic E-state index is 13.4. The molecular formula is C29H27BrN4O3. The molecule has 4 rings (SSSR count). The first-order chi connectivity index (χ1) is 17.9. The van der Waals surface area contributed by atoms with Crippen molar-refractivity contribution in [2.24, 2.45) is 5.10 Å². The zero-order valence-electron chi connectivity index (χ0n) is 20.9. The zero-order valence-corrected chi connectivity index (χ0v) is 22.5. The Kier molecular flexibility index (Phi) is 8.36. The summed E-state index contributed by atoms with van der Waals surface area (Å²) in [6.07, 6.45) is 2.44. The molecule has 7 nitrogen and oxygen atoms in total. The van der Waals surface area contributed by atoms with Crippen LogP contribution >= 0.6 is 15.9 Å². The number of hydrogen-bond acceptors (Lipinski definition) is 6. The molecule has 0 fully saturated rings. The molecule has 0 saturated carbocycles. The normalized spacial score (nSPS) is 12.0. The first kappa shape index (κ1) is 26.1. The van der Waals surface area contributed by atoms with Crippen LogP contribution in [0.15, 0.2) is 75.0 Å². The van der Waals surface area contributed by atoms with Crippen LogP contribution < -0.4 is 15.0 Å². The molecule has 0 radical (unpaired) electrons. The summed E-state index contributed by atoms with van der Waals surface area (Å²) >= 11 is 3.44. The summed E-state index contributed by atoms with van der Waals surface area (Å²) in [5, 5.41) is 14.4. The van der Waals surface area contributed by atoms with Crippen LogP contribution in [0.1, 0.15) is 55.6 Å². The molecule has 0 aliphatic rings. The van der Waals surface area contributed by atoms with Gasteiger partial charge in [0.1, 0.15) is 12.4 Å². The molecule has 3 aromatic carbocycles. The van der Waals surface area contributed by atoms with Gasteiger partial charge in [-0.15, -0.1) is 0 Å². The first-order valence-corrected chi connectivity index (χ1v) is 12.9. The van der Waals surface area contributed by atoms with Gasteiger partial charge in [-0.1, -0.05) is 48.0 Å².